The van der Waals surface area contributed by atoms with Crippen molar-refractivity contribution < 1.29 is 19.1 Å². The number of amides is 3. The summed E-state index contributed by atoms with van der Waals surface area (Å²) in [5.74, 6) is 1.05. The maximum atomic E-state index is 14.7. The molecule has 0 aliphatic carbocycles. The number of nitrogens with zero attached hydrogens (tertiary/aromatic N) is 3. The van der Waals surface area contributed by atoms with Gasteiger partial charge in [-0.3, -0.25) is 14.7 Å². The van der Waals surface area contributed by atoms with Gasteiger partial charge in [-0.1, -0.05) is 47.5 Å². The number of benzene rings is 3. The number of ether oxygens (including phenoxy) is 2. The number of halogens is 2. The van der Waals surface area contributed by atoms with Gasteiger partial charge in [-0.15, -0.1) is 0 Å². The molecule has 3 aromatic carbocycles. The summed E-state index contributed by atoms with van der Waals surface area (Å²) in [6.45, 7) is 6.71. The van der Waals surface area contributed by atoms with Crippen LogP contribution in [0.15, 0.2) is 71.7 Å². The van der Waals surface area contributed by atoms with Gasteiger partial charge in [-0.2, -0.15) is 0 Å². The highest BCUT2D eigenvalue weighted by Crippen LogP contribution is 2.50. The highest BCUT2D eigenvalue weighted by atomic mass is 35.5. The first kappa shape index (κ1) is 30.7. The Hall–Kier alpha value is -3.75. The summed E-state index contributed by atoms with van der Waals surface area (Å²) in [6.07, 6.45) is 0.872. The maximum Gasteiger partial charge on any atom is 0.326 e. The van der Waals surface area contributed by atoms with Gasteiger partial charge in [0.25, 0.3) is 0 Å². The van der Waals surface area contributed by atoms with Gasteiger partial charge in [0.05, 0.1) is 24.8 Å². The molecule has 3 amide bonds. The lowest BCUT2D eigenvalue weighted by Gasteiger charge is -2.39. The first-order valence-corrected chi connectivity index (χ1v) is 15.1. The number of aliphatic imine (C=N–C) groups is 1. The number of rotatable bonds is 7. The second-order valence-electron chi connectivity index (χ2n) is 11.4. The van der Waals surface area contributed by atoms with Crippen LogP contribution in [0, 0.1) is 5.92 Å². The van der Waals surface area contributed by atoms with Crippen molar-refractivity contribution in [2.45, 2.75) is 51.3 Å². The van der Waals surface area contributed by atoms with Crippen molar-refractivity contribution in [3.8, 4) is 11.5 Å². The first-order valence-electron chi connectivity index (χ1n) is 14.4. The third-order valence-corrected chi connectivity index (χ3v) is 8.64. The standard InChI is InChI=1S/C33H36Cl2N4O4/c1-20(2)43-28-19-26(42-4)13-14-27(28)31-37-33(3,23-7-11-25(35)12-8-23)29(21-5-9-24(34)10-6-21)39(31)32(41)38-17-15-22(16-18-38)30(36)40/h5-14,19-20,22,29H,15-18H2,1-4H3,(H2,36,40)/t29-,33+/m1/s1. The van der Waals surface area contributed by atoms with E-state index in [0.29, 0.717) is 58.9 Å². The second-order valence-corrected chi connectivity index (χ2v) is 12.3. The molecule has 1 fully saturated rings. The second kappa shape index (κ2) is 12.5. The van der Waals surface area contributed by atoms with Crippen molar-refractivity contribution in [1.29, 1.82) is 0 Å². The van der Waals surface area contributed by atoms with Crippen molar-refractivity contribution in [2.24, 2.45) is 16.6 Å². The van der Waals surface area contributed by atoms with Crippen LogP contribution in [0.5, 0.6) is 11.5 Å². The Morgan fingerprint density at radius 2 is 1.58 bits per heavy atom. The predicted octanol–water partition coefficient (Wildman–Crippen LogP) is 6.83. The summed E-state index contributed by atoms with van der Waals surface area (Å²) in [5, 5.41) is 1.19. The molecule has 1 saturated heterocycles. The van der Waals surface area contributed by atoms with E-state index in [1.54, 1.807) is 16.9 Å². The van der Waals surface area contributed by atoms with Gasteiger partial charge < -0.3 is 20.1 Å². The first-order chi connectivity index (χ1) is 20.5. The molecule has 0 saturated carbocycles. The van der Waals surface area contributed by atoms with Gasteiger partial charge in [-0.05, 0) is 81.1 Å². The van der Waals surface area contributed by atoms with Crippen molar-refractivity contribution in [3.05, 3.63) is 93.5 Å². The summed E-state index contributed by atoms with van der Waals surface area (Å²) in [5.41, 5.74) is 7.09. The molecule has 43 heavy (non-hydrogen) atoms. The summed E-state index contributed by atoms with van der Waals surface area (Å²) in [4.78, 5) is 35.5. The third kappa shape index (κ3) is 6.17. The van der Waals surface area contributed by atoms with Crippen LogP contribution in [-0.2, 0) is 10.3 Å². The maximum absolute atomic E-state index is 14.7. The van der Waals surface area contributed by atoms with Crippen molar-refractivity contribution >= 4 is 41.0 Å². The average Bonchev–Trinajstić information content (AvgIpc) is 3.30. The van der Waals surface area contributed by atoms with Crippen LogP contribution in [-0.4, -0.2) is 53.9 Å². The molecule has 2 atom stereocenters. The topological polar surface area (TPSA) is 97.5 Å². The molecule has 8 nitrogen and oxygen atoms in total. The summed E-state index contributed by atoms with van der Waals surface area (Å²) < 4.78 is 11.8. The van der Waals surface area contributed by atoms with Gasteiger partial charge >= 0.3 is 6.03 Å². The third-order valence-electron chi connectivity index (χ3n) is 8.14. The van der Waals surface area contributed by atoms with Gasteiger partial charge in [0.15, 0.2) is 0 Å². The fraction of sp³-hybridized carbons (Fsp3) is 0.364. The number of hydrogen-bond acceptors (Lipinski definition) is 5. The van der Waals surface area contributed by atoms with E-state index in [1.807, 2.05) is 87.5 Å². The molecule has 5 rings (SSSR count). The fourth-order valence-electron chi connectivity index (χ4n) is 5.90. The minimum absolute atomic E-state index is 0.139. The quantitative estimate of drug-likeness (QED) is 0.312. The van der Waals surface area contributed by atoms with Crippen LogP contribution in [0.3, 0.4) is 0 Å². The zero-order valence-electron chi connectivity index (χ0n) is 24.7. The van der Waals surface area contributed by atoms with Gasteiger partial charge in [0.1, 0.15) is 22.9 Å². The van der Waals surface area contributed by atoms with E-state index in [-0.39, 0.29) is 24.0 Å². The zero-order valence-corrected chi connectivity index (χ0v) is 26.2. The van der Waals surface area contributed by atoms with E-state index in [1.165, 1.54) is 0 Å². The number of piperidine rings is 1. The smallest absolute Gasteiger partial charge is 0.326 e. The number of carbonyl (C=O) groups is 2. The van der Waals surface area contributed by atoms with E-state index in [2.05, 4.69) is 0 Å². The highest BCUT2D eigenvalue weighted by Gasteiger charge is 2.52. The fourth-order valence-corrected chi connectivity index (χ4v) is 6.15. The van der Waals surface area contributed by atoms with E-state index < -0.39 is 11.6 Å². The number of urea groups is 1. The van der Waals surface area contributed by atoms with Crippen LogP contribution in [0.25, 0.3) is 0 Å². The minimum atomic E-state index is -0.913. The zero-order chi connectivity index (χ0) is 30.9. The Labute approximate surface area is 262 Å². The Morgan fingerprint density at radius 3 is 2.14 bits per heavy atom. The molecule has 0 radical (unpaired) electrons. The van der Waals surface area contributed by atoms with Gasteiger partial charge in [0.2, 0.25) is 5.91 Å². The normalized spacial score (nSPS) is 20.7. The monoisotopic (exact) mass is 622 g/mol. The minimum Gasteiger partial charge on any atom is -0.497 e. The summed E-state index contributed by atoms with van der Waals surface area (Å²) >= 11 is 12.6. The number of nitrogens with two attached hydrogens (primary N) is 1. The van der Waals surface area contributed by atoms with E-state index in [4.69, 9.17) is 43.4 Å². The summed E-state index contributed by atoms with van der Waals surface area (Å²) in [7, 11) is 1.60. The number of amidine groups is 1. The molecule has 2 heterocycles. The number of hydrogen-bond donors (Lipinski definition) is 1. The molecule has 3 aromatic rings. The van der Waals surface area contributed by atoms with Crippen LogP contribution < -0.4 is 15.2 Å². The molecule has 2 N–H and O–H groups in total. The Kier molecular flexibility index (Phi) is 8.90. The van der Waals surface area contributed by atoms with Crippen LogP contribution in [0.2, 0.25) is 10.0 Å². The lowest BCUT2D eigenvalue weighted by Crippen LogP contribution is -2.51. The molecule has 0 unspecified atom stereocenters. The van der Waals surface area contributed by atoms with Crippen molar-refractivity contribution in [3.63, 3.8) is 0 Å². The lowest BCUT2D eigenvalue weighted by molar-refractivity contribution is -0.123. The summed E-state index contributed by atoms with van der Waals surface area (Å²) in [6, 6.07) is 19.8. The van der Waals surface area contributed by atoms with Gasteiger partial charge in [0, 0.05) is 35.1 Å². The molecule has 0 spiro atoms. The number of likely N-dealkylation sites (tertiary alicyclic amines) is 1. The number of carbonyl (C=O) groups excluding carboxylic acids is 2. The molecule has 2 aliphatic rings. The SMILES string of the molecule is COc1ccc(C2=N[C@@](C)(c3ccc(Cl)cc3)[C@@H](c3ccc(Cl)cc3)N2C(=O)N2CCC(C(N)=O)CC2)c(OC(C)C)c1. The number of primary amides is 1. The van der Waals surface area contributed by atoms with Crippen molar-refractivity contribution in [1.82, 2.24) is 9.80 Å². The molecule has 226 valence electrons. The van der Waals surface area contributed by atoms with Crippen molar-refractivity contribution in [2.75, 3.05) is 20.2 Å². The molecule has 0 aromatic heterocycles. The predicted molar refractivity (Wildman–Crippen MR) is 169 cm³/mol. The lowest BCUT2D eigenvalue weighted by atomic mass is 9.81. The molecule has 0 bridgehead atoms. The van der Waals surface area contributed by atoms with Gasteiger partial charge in [-0.25, -0.2) is 4.79 Å². The average molecular weight is 624 g/mol. The van der Waals surface area contributed by atoms with E-state index in [9.17, 15) is 9.59 Å². The molecule has 2 aliphatic heterocycles. The van der Waals surface area contributed by atoms with E-state index in [0.717, 1.165) is 11.1 Å². The molecule has 10 heteroatoms. The molecular weight excluding hydrogens is 587 g/mol. The van der Waals surface area contributed by atoms with Crippen LogP contribution >= 0.6 is 23.2 Å². The van der Waals surface area contributed by atoms with Crippen LogP contribution in [0.4, 0.5) is 4.79 Å². The Morgan fingerprint density at radius 1 is 0.977 bits per heavy atom. The number of methoxy groups -OCH3 is 1. The largest absolute Gasteiger partial charge is 0.497 e. The van der Waals surface area contributed by atoms with Crippen LogP contribution in [0.1, 0.15) is 56.3 Å². The Bertz CT molecular complexity index is 1520. The Balaban J connectivity index is 1.71. The molecular formula is C33H36Cl2N4O4. The highest BCUT2D eigenvalue weighted by molar-refractivity contribution is 6.30. The van der Waals surface area contributed by atoms with E-state index >= 15 is 0 Å².